The van der Waals surface area contributed by atoms with Crippen LogP contribution in [-0.2, 0) is 9.53 Å². The van der Waals surface area contributed by atoms with Gasteiger partial charge in [0.25, 0.3) is 5.91 Å². The molecule has 0 fully saturated rings. The van der Waals surface area contributed by atoms with E-state index in [9.17, 15) is 9.59 Å². The van der Waals surface area contributed by atoms with Crippen molar-refractivity contribution in [2.24, 2.45) is 0 Å². The number of para-hydroxylation sites is 1. The maximum absolute atomic E-state index is 12.2. The third-order valence-electron chi connectivity index (χ3n) is 3.26. The lowest BCUT2D eigenvalue weighted by atomic mass is 10.1. The number of hydrogen-bond donors (Lipinski definition) is 1. The van der Waals surface area contributed by atoms with Crippen LogP contribution in [0.15, 0.2) is 30.3 Å². The number of hydrogen-bond acceptors (Lipinski definition) is 4. The van der Waals surface area contributed by atoms with Crippen LogP contribution in [0.1, 0.15) is 30.6 Å². The fourth-order valence-corrected chi connectivity index (χ4v) is 2.14. The highest BCUT2D eigenvalue weighted by atomic mass is 35.5. The molecule has 1 amide bonds. The first-order valence-electron chi connectivity index (χ1n) is 7.03. The minimum atomic E-state index is -0.597. The molecular weight excluding hydrogens is 304 g/mol. The number of rotatable bonds is 5. The van der Waals surface area contributed by atoms with Gasteiger partial charge in [0.1, 0.15) is 5.15 Å². The van der Waals surface area contributed by atoms with E-state index in [0.717, 1.165) is 6.42 Å². The van der Waals surface area contributed by atoms with Crippen molar-refractivity contribution in [1.82, 2.24) is 10.3 Å². The van der Waals surface area contributed by atoms with Crippen molar-refractivity contribution < 1.29 is 14.3 Å². The summed E-state index contributed by atoms with van der Waals surface area (Å²) in [4.78, 5) is 28.0. The molecule has 0 saturated carbocycles. The molecule has 0 bridgehead atoms. The molecule has 0 unspecified atom stereocenters. The normalized spacial score (nSPS) is 12.0. The predicted octanol–water partition coefficient (Wildman–Crippen LogP) is 2.96. The Morgan fingerprint density at radius 2 is 2.09 bits per heavy atom. The molecule has 1 aromatic heterocycles. The van der Waals surface area contributed by atoms with Crippen molar-refractivity contribution in [1.29, 1.82) is 0 Å². The maximum atomic E-state index is 12.2. The van der Waals surface area contributed by atoms with Crippen molar-refractivity contribution in [3.8, 4) is 0 Å². The summed E-state index contributed by atoms with van der Waals surface area (Å²) >= 11 is 5.92. The molecular formula is C16H17ClN2O3. The van der Waals surface area contributed by atoms with Crippen LogP contribution in [0.2, 0.25) is 5.15 Å². The Kier molecular flexibility index (Phi) is 5.33. The lowest BCUT2D eigenvalue weighted by Gasteiger charge is -2.12. The number of ether oxygens (including phenoxy) is 1. The third-order valence-corrected chi connectivity index (χ3v) is 3.45. The van der Waals surface area contributed by atoms with Gasteiger partial charge in [-0.25, -0.2) is 9.78 Å². The van der Waals surface area contributed by atoms with Gasteiger partial charge in [-0.05, 0) is 25.5 Å². The van der Waals surface area contributed by atoms with Crippen molar-refractivity contribution in [3.63, 3.8) is 0 Å². The van der Waals surface area contributed by atoms with Crippen LogP contribution in [0.25, 0.3) is 10.9 Å². The number of fused-ring (bicyclic) bond motifs is 1. The Balaban J connectivity index is 2.12. The Labute approximate surface area is 133 Å². The monoisotopic (exact) mass is 320 g/mol. The molecule has 0 aliphatic rings. The highest BCUT2D eigenvalue weighted by molar-refractivity contribution is 6.30. The fraction of sp³-hybridized carbons (Fsp3) is 0.312. The van der Waals surface area contributed by atoms with Gasteiger partial charge in [-0.15, -0.1) is 0 Å². The molecule has 1 aromatic carbocycles. The SMILES string of the molecule is CC[C@H](C)NC(=O)COC(=O)c1cc(Cl)nc2ccccc12. The second-order valence-corrected chi connectivity index (χ2v) is 5.35. The Hall–Kier alpha value is -2.14. The molecule has 2 rings (SSSR count). The second kappa shape index (κ2) is 7.22. The first-order chi connectivity index (χ1) is 10.5. The molecule has 116 valence electrons. The Bertz CT molecular complexity index is 703. The van der Waals surface area contributed by atoms with Gasteiger partial charge in [-0.1, -0.05) is 36.7 Å². The fourth-order valence-electron chi connectivity index (χ4n) is 1.94. The van der Waals surface area contributed by atoms with Crippen LogP contribution in [0.3, 0.4) is 0 Å². The van der Waals surface area contributed by atoms with Crippen LogP contribution >= 0.6 is 11.6 Å². The number of benzene rings is 1. The quantitative estimate of drug-likeness (QED) is 0.679. The van der Waals surface area contributed by atoms with Crippen LogP contribution in [0, 0.1) is 0 Å². The summed E-state index contributed by atoms with van der Waals surface area (Å²) in [5.41, 5.74) is 0.901. The predicted molar refractivity (Wildman–Crippen MR) is 84.9 cm³/mol. The standard InChI is InChI=1S/C16H17ClN2O3/c1-3-10(2)18-15(20)9-22-16(21)12-8-14(17)19-13-7-5-4-6-11(12)13/h4-8,10H,3,9H2,1-2H3,(H,18,20)/t10-/m0/s1. The van der Waals surface area contributed by atoms with E-state index in [0.29, 0.717) is 16.5 Å². The summed E-state index contributed by atoms with van der Waals surface area (Å²) < 4.78 is 5.06. The van der Waals surface area contributed by atoms with Gasteiger partial charge in [0.2, 0.25) is 0 Å². The van der Waals surface area contributed by atoms with Crippen LogP contribution in [-0.4, -0.2) is 29.5 Å². The molecule has 0 aliphatic carbocycles. The number of nitrogens with one attached hydrogen (secondary N) is 1. The van der Waals surface area contributed by atoms with Crippen molar-refractivity contribution in [2.75, 3.05) is 6.61 Å². The van der Waals surface area contributed by atoms with E-state index in [1.807, 2.05) is 13.8 Å². The number of pyridine rings is 1. The van der Waals surface area contributed by atoms with Gasteiger partial charge < -0.3 is 10.1 Å². The number of carbonyl (C=O) groups is 2. The molecule has 6 heteroatoms. The minimum absolute atomic E-state index is 0.0439. The van der Waals surface area contributed by atoms with E-state index in [2.05, 4.69) is 10.3 Å². The topological polar surface area (TPSA) is 68.3 Å². The largest absolute Gasteiger partial charge is 0.452 e. The van der Waals surface area contributed by atoms with Crippen molar-refractivity contribution in [3.05, 3.63) is 41.0 Å². The average Bonchev–Trinajstić information content (AvgIpc) is 2.51. The zero-order valence-electron chi connectivity index (χ0n) is 12.4. The van der Waals surface area contributed by atoms with Gasteiger partial charge in [0.05, 0.1) is 11.1 Å². The van der Waals surface area contributed by atoms with E-state index in [1.54, 1.807) is 24.3 Å². The third kappa shape index (κ3) is 3.95. The van der Waals surface area contributed by atoms with Gasteiger partial charge in [-0.3, -0.25) is 4.79 Å². The highest BCUT2D eigenvalue weighted by Crippen LogP contribution is 2.21. The zero-order valence-corrected chi connectivity index (χ0v) is 13.2. The first kappa shape index (κ1) is 16.2. The second-order valence-electron chi connectivity index (χ2n) is 4.96. The zero-order chi connectivity index (χ0) is 16.1. The van der Waals surface area contributed by atoms with E-state index < -0.39 is 5.97 Å². The molecule has 1 N–H and O–H groups in total. The van der Waals surface area contributed by atoms with Gasteiger partial charge in [-0.2, -0.15) is 0 Å². The van der Waals surface area contributed by atoms with Gasteiger partial charge in [0, 0.05) is 11.4 Å². The highest BCUT2D eigenvalue weighted by Gasteiger charge is 2.15. The molecule has 22 heavy (non-hydrogen) atoms. The Morgan fingerprint density at radius 3 is 2.82 bits per heavy atom. The van der Waals surface area contributed by atoms with Crippen LogP contribution < -0.4 is 5.32 Å². The molecule has 0 aliphatic heterocycles. The van der Waals surface area contributed by atoms with E-state index in [1.165, 1.54) is 6.07 Å². The lowest BCUT2D eigenvalue weighted by molar-refractivity contribution is -0.124. The number of esters is 1. The van der Waals surface area contributed by atoms with E-state index in [4.69, 9.17) is 16.3 Å². The number of aromatic nitrogens is 1. The van der Waals surface area contributed by atoms with Crippen LogP contribution in [0.5, 0.6) is 0 Å². The number of amides is 1. The minimum Gasteiger partial charge on any atom is -0.452 e. The first-order valence-corrected chi connectivity index (χ1v) is 7.40. The van der Waals surface area contributed by atoms with Gasteiger partial charge in [0.15, 0.2) is 6.61 Å². The van der Waals surface area contributed by atoms with E-state index in [-0.39, 0.29) is 23.7 Å². The summed E-state index contributed by atoms with van der Waals surface area (Å²) in [6.07, 6.45) is 0.810. The molecule has 0 radical (unpaired) electrons. The summed E-state index contributed by atoms with van der Waals surface area (Å²) in [6, 6.07) is 8.61. The van der Waals surface area contributed by atoms with Crippen LogP contribution in [0.4, 0.5) is 0 Å². The molecule has 1 heterocycles. The van der Waals surface area contributed by atoms with Gasteiger partial charge >= 0.3 is 5.97 Å². The lowest BCUT2D eigenvalue weighted by Crippen LogP contribution is -2.35. The Morgan fingerprint density at radius 1 is 1.36 bits per heavy atom. The molecule has 5 nitrogen and oxygen atoms in total. The molecule has 0 spiro atoms. The smallest absolute Gasteiger partial charge is 0.339 e. The average molecular weight is 321 g/mol. The summed E-state index contributed by atoms with van der Waals surface area (Å²) in [5, 5.41) is 3.57. The summed E-state index contributed by atoms with van der Waals surface area (Å²) in [7, 11) is 0. The van der Waals surface area contributed by atoms with Crippen molar-refractivity contribution >= 4 is 34.4 Å². The van der Waals surface area contributed by atoms with Crippen molar-refractivity contribution in [2.45, 2.75) is 26.3 Å². The number of nitrogens with zero attached hydrogens (tertiary/aromatic N) is 1. The number of carbonyl (C=O) groups excluding carboxylic acids is 2. The molecule has 0 saturated heterocycles. The number of halogens is 1. The molecule has 1 atom stereocenters. The summed E-state index contributed by atoms with van der Waals surface area (Å²) in [5.74, 6) is -0.924. The summed E-state index contributed by atoms with van der Waals surface area (Å²) in [6.45, 7) is 3.52. The molecule has 2 aromatic rings. The van der Waals surface area contributed by atoms with E-state index >= 15 is 0 Å². The maximum Gasteiger partial charge on any atom is 0.339 e.